The summed E-state index contributed by atoms with van der Waals surface area (Å²) in [6.07, 6.45) is 4.30. The lowest BCUT2D eigenvalue weighted by Gasteiger charge is -2.15. The zero-order valence-electron chi connectivity index (χ0n) is 10.5. The number of nitrogens with one attached hydrogen (secondary N) is 1. The number of carbonyl (C=O) groups is 1. The molecule has 18 heavy (non-hydrogen) atoms. The van der Waals surface area contributed by atoms with Gasteiger partial charge < -0.3 is 5.32 Å². The van der Waals surface area contributed by atoms with Gasteiger partial charge in [-0.25, -0.2) is 0 Å². The van der Waals surface area contributed by atoms with E-state index in [-0.39, 0.29) is 5.91 Å². The molecule has 0 spiro atoms. The molecule has 0 unspecified atom stereocenters. The summed E-state index contributed by atoms with van der Waals surface area (Å²) in [5.74, 6) is -0.113. The van der Waals surface area contributed by atoms with E-state index in [1.54, 1.807) is 25.2 Å². The maximum atomic E-state index is 12.0. The zero-order valence-corrected chi connectivity index (χ0v) is 12.9. The lowest BCUT2D eigenvalue weighted by Crippen LogP contribution is -2.30. The number of nitriles is 1. The van der Waals surface area contributed by atoms with Crippen molar-refractivity contribution in [3.8, 4) is 6.07 Å². The Labute approximate surface area is 119 Å². The number of alkyl halides is 1. The van der Waals surface area contributed by atoms with E-state index in [4.69, 9.17) is 0 Å². The fraction of sp³-hybridized carbons (Fsp3) is 0.538. The second kappa shape index (κ2) is 5.02. The molecule has 0 bridgehead atoms. The monoisotopic (exact) mass is 326 g/mol. The molecule has 0 saturated carbocycles. The average Bonchev–Trinajstić information content (AvgIpc) is 2.64. The molecule has 1 aliphatic carbocycles. The molecular formula is C13H15BrN2OS. The smallest absolute Gasteiger partial charge is 0.241 e. The van der Waals surface area contributed by atoms with Crippen LogP contribution < -0.4 is 5.32 Å². The molecular weight excluding hydrogens is 312 g/mol. The molecule has 96 valence electrons. The van der Waals surface area contributed by atoms with E-state index in [0.29, 0.717) is 10.6 Å². The molecule has 3 nitrogen and oxygen atoms in total. The van der Waals surface area contributed by atoms with Crippen LogP contribution in [-0.4, -0.2) is 10.2 Å². The van der Waals surface area contributed by atoms with Crippen molar-refractivity contribution in [2.45, 2.75) is 43.9 Å². The molecule has 1 N–H and O–H groups in total. The summed E-state index contributed by atoms with van der Waals surface area (Å²) < 4.78 is -0.621. The van der Waals surface area contributed by atoms with E-state index in [1.807, 2.05) is 0 Å². The summed E-state index contributed by atoms with van der Waals surface area (Å²) in [4.78, 5) is 13.2. The van der Waals surface area contributed by atoms with Gasteiger partial charge in [0.25, 0.3) is 0 Å². The molecule has 1 amide bonds. The van der Waals surface area contributed by atoms with Crippen LogP contribution in [0.2, 0.25) is 0 Å². The molecule has 0 saturated heterocycles. The van der Waals surface area contributed by atoms with Crippen LogP contribution in [0.25, 0.3) is 0 Å². The number of halogens is 1. The fourth-order valence-electron chi connectivity index (χ4n) is 2.02. The number of nitrogens with zero attached hydrogens (tertiary/aromatic N) is 1. The number of thiophene rings is 1. The van der Waals surface area contributed by atoms with Crippen molar-refractivity contribution in [2.75, 3.05) is 5.32 Å². The van der Waals surface area contributed by atoms with Crippen LogP contribution in [-0.2, 0) is 17.6 Å². The Morgan fingerprint density at radius 2 is 2.11 bits per heavy atom. The lowest BCUT2D eigenvalue weighted by molar-refractivity contribution is -0.117. The minimum atomic E-state index is -0.621. The van der Waals surface area contributed by atoms with E-state index in [1.165, 1.54) is 11.3 Å². The van der Waals surface area contributed by atoms with Crippen LogP contribution in [0.15, 0.2) is 0 Å². The Balaban J connectivity index is 2.32. The van der Waals surface area contributed by atoms with Crippen LogP contribution in [0.1, 0.15) is 42.7 Å². The van der Waals surface area contributed by atoms with Crippen molar-refractivity contribution in [3.05, 3.63) is 16.0 Å². The Bertz CT molecular complexity index is 522. The number of rotatable bonds is 2. The van der Waals surface area contributed by atoms with Crippen LogP contribution in [0.3, 0.4) is 0 Å². The van der Waals surface area contributed by atoms with Gasteiger partial charge in [0.05, 0.1) is 9.89 Å². The molecule has 0 aliphatic heterocycles. The van der Waals surface area contributed by atoms with E-state index in [9.17, 15) is 10.1 Å². The van der Waals surface area contributed by atoms with Gasteiger partial charge in [0, 0.05) is 4.88 Å². The second-order valence-corrected chi connectivity index (χ2v) is 8.04. The molecule has 1 aliphatic rings. The third-order valence-corrected chi connectivity index (χ3v) is 4.62. The van der Waals surface area contributed by atoms with Gasteiger partial charge in [0.1, 0.15) is 11.1 Å². The average molecular weight is 327 g/mol. The molecule has 0 aromatic carbocycles. The van der Waals surface area contributed by atoms with Crippen LogP contribution in [0, 0.1) is 11.3 Å². The van der Waals surface area contributed by atoms with Crippen molar-refractivity contribution in [3.63, 3.8) is 0 Å². The predicted molar refractivity (Wildman–Crippen MR) is 77.3 cm³/mol. The van der Waals surface area contributed by atoms with Gasteiger partial charge in [0.2, 0.25) is 5.91 Å². The molecule has 1 aromatic heterocycles. The summed E-state index contributed by atoms with van der Waals surface area (Å²) in [6.45, 7) is 3.59. The molecule has 1 heterocycles. The molecule has 0 atom stereocenters. The van der Waals surface area contributed by atoms with Gasteiger partial charge in [-0.05, 0) is 45.1 Å². The normalized spacial score (nSPS) is 14.8. The SMILES string of the molecule is CC(C)(Br)C(=O)Nc1sc2c(c1C#N)CCCC2. The first-order chi connectivity index (χ1) is 8.43. The van der Waals surface area contributed by atoms with E-state index in [0.717, 1.165) is 24.8 Å². The third kappa shape index (κ3) is 2.60. The van der Waals surface area contributed by atoms with Crippen LogP contribution >= 0.6 is 27.3 Å². The Kier molecular flexibility index (Phi) is 3.79. The number of aryl methyl sites for hydroxylation is 1. The highest BCUT2D eigenvalue weighted by Crippen LogP contribution is 2.38. The van der Waals surface area contributed by atoms with Crippen LogP contribution in [0.4, 0.5) is 5.00 Å². The van der Waals surface area contributed by atoms with Gasteiger partial charge >= 0.3 is 0 Å². The van der Waals surface area contributed by atoms with Crippen LogP contribution in [0.5, 0.6) is 0 Å². The number of anilines is 1. The Morgan fingerprint density at radius 3 is 2.72 bits per heavy atom. The van der Waals surface area contributed by atoms with Gasteiger partial charge in [0.15, 0.2) is 0 Å². The molecule has 5 heteroatoms. The summed E-state index contributed by atoms with van der Waals surface area (Å²) >= 11 is 4.89. The first kappa shape index (κ1) is 13.6. The minimum absolute atomic E-state index is 0.113. The van der Waals surface area contributed by atoms with Crippen molar-refractivity contribution in [1.29, 1.82) is 5.26 Å². The summed E-state index contributed by atoms with van der Waals surface area (Å²) in [7, 11) is 0. The third-order valence-electron chi connectivity index (χ3n) is 3.05. The quantitative estimate of drug-likeness (QED) is 0.844. The number of hydrogen-bond donors (Lipinski definition) is 1. The highest BCUT2D eigenvalue weighted by Gasteiger charge is 2.27. The number of amides is 1. The first-order valence-corrected chi connectivity index (χ1v) is 7.59. The first-order valence-electron chi connectivity index (χ1n) is 5.98. The van der Waals surface area contributed by atoms with Crippen molar-refractivity contribution >= 4 is 38.2 Å². The second-order valence-electron chi connectivity index (χ2n) is 4.95. The lowest BCUT2D eigenvalue weighted by atomic mass is 9.96. The highest BCUT2D eigenvalue weighted by molar-refractivity contribution is 9.10. The van der Waals surface area contributed by atoms with E-state index < -0.39 is 4.32 Å². The van der Waals surface area contributed by atoms with Crippen molar-refractivity contribution < 1.29 is 4.79 Å². The molecule has 0 fully saturated rings. The van der Waals surface area contributed by atoms with Gasteiger partial charge in [-0.2, -0.15) is 5.26 Å². The van der Waals surface area contributed by atoms with Gasteiger partial charge in [-0.3, -0.25) is 4.79 Å². The maximum Gasteiger partial charge on any atom is 0.241 e. The number of hydrogen-bond acceptors (Lipinski definition) is 3. The summed E-state index contributed by atoms with van der Waals surface area (Å²) in [5.41, 5.74) is 1.82. The van der Waals surface area contributed by atoms with Gasteiger partial charge in [-0.15, -0.1) is 11.3 Å². The fourth-order valence-corrected chi connectivity index (χ4v) is 3.36. The predicted octanol–water partition coefficient (Wildman–Crippen LogP) is 3.61. The maximum absolute atomic E-state index is 12.0. The Morgan fingerprint density at radius 1 is 1.44 bits per heavy atom. The minimum Gasteiger partial charge on any atom is -0.315 e. The largest absolute Gasteiger partial charge is 0.315 e. The number of carbonyl (C=O) groups excluding carboxylic acids is 1. The molecule has 1 aromatic rings. The van der Waals surface area contributed by atoms with E-state index >= 15 is 0 Å². The number of fused-ring (bicyclic) bond motifs is 1. The molecule has 0 radical (unpaired) electrons. The zero-order chi connectivity index (χ0) is 13.3. The highest BCUT2D eigenvalue weighted by atomic mass is 79.9. The summed E-state index contributed by atoms with van der Waals surface area (Å²) in [6, 6.07) is 2.24. The van der Waals surface area contributed by atoms with Crippen molar-refractivity contribution in [1.82, 2.24) is 0 Å². The van der Waals surface area contributed by atoms with Crippen molar-refractivity contribution in [2.24, 2.45) is 0 Å². The standard InChI is InChI=1S/C13H15BrN2OS/c1-13(2,14)12(17)16-11-9(7-15)8-5-3-4-6-10(8)18-11/h3-6H2,1-2H3,(H,16,17). The van der Waals surface area contributed by atoms with E-state index in [2.05, 4.69) is 27.3 Å². The Hall–Kier alpha value is -0.860. The molecule has 2 rings (SSSR count). The summed E-state index contributed by atoms with van der Waals surface area (Å²) in [5, 5.41) is 12.9. The van der Waals surface area contributed by atoms with Gasteiger partial charge in [-0.1, -0.05) is 15.9 Å². The topological polar surface area (TPSA) is 52.9 Å².